The van der Waals surface area contributed by atoms with Gasteiger partial charge >= 0.3 is 0 Å². The Morgan fingerprint density at radius 3 is 2.85 bits per heavy atom. The van der Waals surface area contributed by atoms with Crippen molar-refractivity contribution in [2.75, 3.05) is 0 Å². The topological polar surface area (TPSA) is 98.3 Å². The van der Waals surface area contributed by atoms with Gasteiger partial charge in [-0.1, -0.05) is 35.9 Å². The van der Waals surface area contributed by atoms with Gasteiger partial charge in [-0.3, -0.25) is 10.1 Å². The minimum atomic E-state index is -0.553. The number of para-hydroxylation sites is 1. The zero-order valence-electron chi connectivity index (χ0n) is 13.2. The van der Waals surface area contributed by atoms with Crippen LogP contribution in [0.4, 0.5) is 5.69 Å². The number of aromatic amines is 1. The van der Waals surface area contributed by atoms with Crippen molar-refractivity contribution >= 4 is 35.7 Å². The zero-order chi connectivity index (χ0) is 18.5. The summed E-state index contributed by atoms with van der Waals surface area (Å²) in [6, 6.07) is 13.6. The van der Waals surface area contributed by atoms with Crippen molar-refractivity contribution in [3.8, 4) is 5.75 Å². The van der Waals surface area contributed by atoms with Gasteiger partial charge in [0.2, 0.25) is 4.77 Å². The minimum Gasteiger partial charge on any atom is -0.486 e. The van der Waals surface area contributed by atoms with Gasteiger partial charge in [0, 0.05) is 11.6 Å². The molecule has 0 bridgehead atoms. The quantitative estimate of drug-likeness (QED) is 0.298. The summed E-state index contributed by atoms with van der Waals surface area (Å²) >= 11 is 11.0. The Morgan fingerprint density at radius 2 is 2.12 bits per heavy atom. The molecule has 0 aliphatic rings. The molecule has 0 spiro atoms. The van der Waals surface area contributed by atoms with Crippen LogP contribution < -0.4 is 4.74 Å². The van der Waals surface area contributed by atoms with E-state index in [2.05, 4.69) is 15.3 Å². The van der Waals surface area contributed by atoms with Crippen molar-refractivity contribution in [1.29, 1.82) is 0 Å². The maximum Gasteiger partial charge on any atom is 0.288 e. The summed E-state index contributed by atoms with van der Waals surface area (Å²) in [5.74, 6) is 1.14. The lowest BCUT2D eigenvalue weighted by molar-refractivity contribution is -0.384. The molecule has 10 heteroatoms. The van der Waals surface area contributed by atoms with Crippen LogP contribution in [-0.4, -0.2) is 26.0 Å². The second-order valence-corrected chi connectivity index (χ2v) is 5.86. The first-order valence-corrected chi connectivity index (χ1v) is 8.15. The summed E-state index contributed by atoms with van der Waals surface area (Å²) in [6.07, 6.45) is 1.43. The highest BCUT2D eigenvalue weighted by atomic mass is 35.5. The molecule has 132 valence electrons. The van der Waals surface area contributed by atoms with E-state index in [1.54, 1.807) is 6.07 Å². The number of hydrogen-bond donors (Lipinski definition) is 1. The summed E-state index contributed by atoms with van der Waals surface area (Å²) in [5.41, 5.74) is 0.304. The predicted molar refractivity (Wildman–Crippen MR) is 99.3 cm³/mol. The van der Waals surface area contributed by atoms with Crippen LogP contribution in [0.5, 0.6) is 5.75 Å². The van der Waals surface area contributed by atoms with Gasteiger partial charge in [-0.25, -0.2) is 5.10 Å². The number of rotatable bonds is 6. The highest BCUT2D eigenvalue weighted by Crippen LogP contribution is 2.24. The number of nitro groups is 1. The molecule has 0 saturated carbocycles. The van der Waals surface area contributed by atoms with E-state index in [0.717, 1.165) is 0 Å². The van der Waals surface area contributed by atoms with Crippen molar-refractivity contribution < 1.29 is 9.66 Å². The zero-order valence-corrected chi connectivity index (χ0v) is 14.8. The molecule has 26 heavy (non-hydrogen) atoms. The largest absolute Gasteiger partial charge is 0.486 e. The van der Waals surface area contributed by atoms with Crippen LogP contribution in [0.15, 0.2) is 53.6 Å². The van der Waals surface area contributed by atoms with Crippen molar-refractivity contribution in [3.05, 3.63) is 79.8 Å². The smallest absolute Gasteiger partial charge is 0.288 e. The number of nitro benzene ring substituents is 1. The van der Waals surface area contributed by atoms with Gasteiger partial charge in [0.15, 0.2) is 5.82 Å². The second-order valence-electron chi connectivity index (χ2n) is 5.07. The summed E-state index contributed by atoms with van der Waals surface area (Å²) in [7, 11) is 0. The average Bonchev–Trinajstić information content (AvgIpc) is 2.99. The SMILES string of the molecule is O=[N+]([O-])c1cc(/C=N\n2c(COc3ccccc3)n[nH]c2=S)ccc1Cl. The number of nitrogens with one attached hydrogen (secondary N) is 1. The molecule has 1 aromatic heterocycles. The number of benzene rings is 2. The third kappa shape index (κ3) is 4.13. The highest BCUT2D eigenvalue weighted by Gasteiger charge is 2.12. The third-order valence-corrected chi connectivity index (χ3v) is 3.90. The van der Waals surface area contributed by atoms with E-state index >= 15 is 0 Å². The lowest BCUT2D eigenvalue weighted by Gasteiger charge is -2.05. The van der Waals surface area contributed by atoms with Crippen LogP contribution >= 0.6 is 23.8 Å². The van der Waals surface area contributed by atoms with E-state index in [1.165, 1.54) is 23.0 Å². The Hall–Kier alpha value is -3.04. The van der Waals surface area contributed by atoms with Gasteiger partial charge in [-0.2, -0.15) is 14.9 Å². The Kier molecular flexibility index (Phi) is 5.40. The minimum absolute atomic E-state index is 0.0593. The van der Waals surface area contributed by atoms with Crippen LogP contribution in [0, 0.1) is 14.9 Å². The Balaban J connectivity index is 1.81. The molecule has 0 radical (unpaired) electrons. The van der Waals surface area contributed by atoms with E-state index in [0.29, 0.717) is 17.1 Å². The fourth-order valence-electron chi connectivity index (χ4n) is 2.08. The van der Waals surface area contributed by atoms with Crippen LogP contribution in [-0.2, 0) is 6.61 Å². The first-order chi connectivity index (χ1) is 12.5. The number of aromatic nitrogens is 3. The molecule has 0 saturated heterocycles. The van der Waals surface area contributed by atoms with Crippen molar-refractivity contribution in [2.45, 2.75) is 6.61 Å². The van der Waals surface area contributed by atoms with E-state index < -0.39 is 4.92 Å². The van der Waals surface area contributed by atoms with Crippen molar-refractivity contribution in [1.82, 2.24) is 14.9 Å². The van der Waals surface area contributed by atoms with Crippen LogP contribution in [0.25, 0.3) is 0 Å². The van der Waals surface area contributed by atoms with Crippen LogP contribution in [0.3, 0.4) is 0 Å². The second kappa shape index (κ2) is 7.89. The number of ether oxygens (including phenoxy) is 1. The number of nitrogens with zero attached hydrogens (tertiary/aromatic N) is 4. The van der Waals surface area contributed by atoms with Gasteiger partial charge in [-0.05, 0) is 30.4 Å². The first kappa shape index (κ1) is 17.8. The molecule has 3 rings (SSSR count). The Morgan fingerprint density at radius 1 is 1.35 bits per heavy atom. The third-order valence-electron chi connectivity index (χ3n) is 3.32. The van der Waals surface area contributed by atoms with Gasteiger partial charge < -0.3 is 4.74 Å². The fourth-order valence-corrected chi connectivity index (χ4v) is 2.46. The Labute approximate surface area is 157 Å². The number of H-pyrrole nitrogens is 1. The highest BCUT2D eigenvalue weighted by molar-refractivity contribution is 7.71. The molecule has 0 fully saturated rings. The van der Waals surface area contributed by atoms with E-state index in [4.69, 9.17) is 28.6 Å². The van der Waals surface area contributed by atoms with Crippen LogP contribution in [0.1, 0.15) is 11.4 Å². The summed E-state index contributed by atoms with van der Waals surface area (Å²) in [4.78, 5) is 10.4. The van der Waals surface area contributed by atoms with Gasteiger partial charge in [0.25, 0.3) is 5.69 Å². The molecule has 1 heterocycles. The Bertz CT molecular complexity index is 1020. The van der Waals surface area contributed by atoms with Gasteiger partial charge in [0.1, 0.15) is 17.4 Å². The predicted octanol–water partition coefficient (Wildman–Crippen LogP) is 3.96. The molecule has 8 nitrogen and oxygen atoms in total. The number of hydrogen-bond acceptors (Lipinski definition) is 6. The average molecular weight is 390 g/mol. The molecule has 2 aromatic carbocycles. The molecule has 0 amide bonds. The van der Waals surface area contributed by atoms with E-state index in [-0.39, 0.29) is 22.1 Å². The summed E-state index contributed by atoms with van der Waals surface area (Å²) in [5, 5.41) is 22.0. The molecular formula is C16H12ClN5O3S. The molecule has 3 aromatic rings. The lowest BCUT2D eigenvalue weighted by Crippen LogP contribution is -2.04. The monoisotopic (exact) mass is 389 g/mol. The van der Waals surface area contributed by atoms with E-state index in [1.807, 2.05) is 30.3 Å². The van der Waals surface area contributed by atoms with Crippen LogP contribution in [0.2, 0.25) is 5.02 Å². The molecule has 0 aliphatic carbocycles. The standard InChI is InChI=1S/C16H12ClN5O3S/c17-13-7-6-11(8-14(13)22(23)24)9-18-21-15(19-20-16(21)26)10-25-12-4-2-1-3-5-12/h1-9H,10H2,(H,20,26)/b18-9-. The summed E-state index contributed by atoms with van der Waals surface area (Å²) in [6.45, 7) is 0.148. The molecule has 1 N–H and O–H groups in total. The maximum atomic E-state index is 11.0. The molecule has 0 unspecified atom stereocenters. The number of halogens is 1. The fraction of sp³-hybridized carbons (Fsp3) is 0.0625. The van der Waals surface area contributed by atoms with E-state index in [9.17, 15) is 10.1 Å². The van der Waals surface area contributed by atoms with Crippen molar-refractivity contribution in [2.24, 2.45) is 5.10 Å². The molecule has 0 aliphatic heterocycles. The van der Waals surface area contributed by atoms with Gasteiger partial charge in [-0.15, -0.1) is 0 Å². The lowest BCUT2D eigenvalue weighted by atomic mass is 10.2. The first-order valence-electron chi connectivity index (χ1n) is 7.37. The normalized spacial score (nSPS) is 11.0. The molecular weight excluding hydrogens is 378 g/mol. The maximum absolute atomic E-state index is 11.0. The molecule has 0 atom stereocenters. The summed E-state index contributed by atoms with van der Waals surface area (Å²) < 4.78 is 7.30. The van der Waals surface area contributed by atoms with Gasteiger partial charge in [0.05, 0.1) is 11.1 Å². The van der Waals surface area contributed by atoms with Crippen molar-refractivity contribution in [3.63, 3.8) is 0 Å².